The fourth-order valence-electron chi connectivity index (χ4n) is 3.93. The van der Waals surface area contributed by atoms with Crippen molar-refractivity contribution in [2.75, 3.05) is 0 Å². The van der Waals surface area contributed by atoms with E-state index in [0.29, 0.717) is 21.2 Å². The molecule has 174 valence electrons. The summed E-state index contributed by atoms with van der Waals surface area (Å²) < 4.78 is 0. The fraction of sp³-hybridized carbons (Fsp3) is 0.375. The molecule has 5 rings (SSSR count). The molecule has 3 atom stereocenters. The van der Waals surface area contributed by atoms with Crippen LogP contribution in [0.4, 0.5) is 0 Å². The monoisotopic (exact) mass is 507 g/mol. The first-order chi connectivity index (χ1) is 15.8. The van der Waals surface area contributed by atoms with Crippen molar-refractivity contribution in [1.29, 1.82) is 0 Å². The van der Waals surface area contributed by atoms with Gasteiger partial charge in [-0.3, -0.25) is 14.5 Å². The van der Waals surface area contributed by atoms with E-state index in [1.807, 2.05) is 18.2 Å². The number of hydrogen-bond acceptors (Lipinski definition) is 5. The highest BCUT2D eigenvalue weighted by Crippen LogP contribution is 2.33. The number of benzene rings is 1. The standard InChI is InChI=1S/C13H10ClNO2.C6H6ClNO.C5H8ClN/c14-10-6-3-7-11(10)15-12(16)8-4-1-2-5-9(8)13(15)17;7-5-2-1-3-6(5)8-4-9;6-4-2-1-3-5(4)7/h1-2,4-6,11H,3,7H2;2,6H,1,3H2;2,5H,1,3,7H2/t11-;6-;5-/m000/s1. The molecule has 0 saturated carbocycles. The number of fused-ring (bicyclic) bond motifs is 1. The topological polar surface area (TPSA) is 92.8 Å². The fourth-order valence-corrected chi connectivity index (χ4v) is 4.73. The molecule has 2 amide bonds. The van der Waals surface area contributed by atoms with Gasteiger partial charge in [0.25, 0.3) is 11.8 Å². The van der Waals surface area contributed by atoms with Gasteiger partial charge in [0.1, 0.15) is 0 Å². The number of aliphatic imine (C=N–C) groups is 1. The summed E-state index contributed by atoms with van der Waals surface area (Å²) in [6, 6.07) is 6.67. The second kappa shape index (κ2) is 11.8. The lowest BCUT2D eigenvalue weighted by atomic mass is 10.1. The van der Waals surface area contributed by atoms with E-state index in [1.54, 1.807) is 24.3 Å². The Kier molecular flexibility index (Phi) is 9.07. The van der Waals surface area contributed by atoms with Crippen molar-refractivity contribution in [1.82, 2.24) is 4.90 Å². The Labute approximate surface area is 207 Å². The van der Waals surface area contributed by atoms with Crippen molar-refractivity contribution >= 4 is 52.7 Å². The van der Waals surface area contributed by atoms with Crippen molar-refractivity contribution in [3.8, 4) is 0 Å². The van der Waals surface area contributed by atoms with Gasteiger partial charge in [-0.25, -0.2) is 4.79 Å². The Morgan fingerprint density at radius 2 is 1.39 bits per heavy atom. The second-order valence-corrected chi connectivity index (χ2v) is 9.19. The van der Waals surface area contributed by atoms with Crippen molar-refractivity contribution in [3.05, 3.63) is 68.7 Å². The maximum Gasteiger partial charge on any atom is 0.262 e. The van der Waals surface area contributed by atoms with Gasteiger partial charge < -0.3 is 5.73 Å². The highest BCUT2D eigenvalue weighted by atomic mass is 35.5. The van der Waals surface area contributed by atoms with Gasteiger partial charge in [0.2, 0.25) is 6.08 Å². The van der Waals surface area contributed by atoms with Gasteiger partial charge in [0.15, 0.2) is 0 Å². The van der Waals surface area contributed by atoms with Gasteiger partial charge >= 0.3 is 0 Å². The van der Waals surface area contributed by atoms with Crippen LogP contribution in [-0.2, 0) is 4.79 Å². The van der Waals surface area contributed by atoms with Crippen LogP contribution in [0.5, 0.6) is 0 Å². The van der Waals surface area contributed by atoms with Crippen LogP contribution in [0.3, 0.4) is 0 Å². The summed E-state index contributed by atoms with van der Waals surface area (Å²) in [4.78, 5) is 38.8. The van der Waals surface area contributed by atoms with E-state index in [-0.39, 0.29) is 29.9 Å². The van der Waals surface area contributed by atoms with E-state index in [1.165, 1.54) is 11.0 Å². The largest absolute Gasteiger partial charge is 0.323 e. The highest BCUT2D eigenvalue weighted by molar-refractivity contribution is 6.32. The van der Waals surface area contributed by atoms with Gasteiger partial charge in [0.05, 0.1) is 23.2 Å². The van der Waals surface area contributed by atoms with E-state index < -0.39 is 0 Å². The molecule has 0 unspecified atom stereocenters. The molecule has 4 aliphatic rings. The van der Waals surface area contributed by atoms with E-state index in [9.17, 15) is 14.4 Å². The zero-order valence-corrected chi connectivity index (χ0v) is 20.1. The normalized spacial score (nSPS) is 25.2. The molecule has 2 N–H and O–H groups in total. The lowest BCUT2D eigenvalue weighted by Crippen LogP contribution is -2.38. The Bertz CT molecular complexity index is 1030. The quantitative estimate of drug-likeness (QED) is 0.329. The minimum atomic E-state index is -0.274. The van der Waals surface area contributed by atoms with Gasteiger partial charge in [0, 0.05) is 21.1 Å². The zero-order chi connectivity index (χ0) is 24.0. The van der Waals surface area contributed by atoms with E-state index >= 15 is 0 Å². The molecular formula is C24H24Cl3N3O3. The number of isocyanates is 1. The van der Waals surface area contributed by atoms with Crippen LogP contribution in [-0.4, -0.2) is 40.9 Å². The van der Waals surface area contributed by atoms with Crippen molar-refractivity contribution in [3.63, 3.8) is 0 Å². The number of hydrogen-bond donors (Lipinski definition) is 1. The summed E-state index contributed by atoms with van der Waals surface area (Å²) in [5.74, 6) is -0.465. The van der Waals surface area contributed by atoms with Gasteiger partial charge in [-0.15, -0.1) is 0 Å². The molecule has 1 aromatic rings. The lowest BCUT2D eigenvalue weighted by molar-refractivity contribution is 0.0612. The molecule has 0 spiro atoms. The van der Waals surface area contributed by atoms with Crippen molar-refractivity contribution in [2.24, 2.45) is 10.7 Å². The predicted molar refractivity (Wildman–Crippen MR) is 130 cm³/mol. The molecule has 6 nitrogen and oxygen atoms in total. The molecule has 33 heavy (non-hydrogen) atoms. The molecular weight excluding hydrogens is 485 g/mol. The molecule has 1 aromatic carbocycles. The number of imide groups is 1. The van der Waals surface area contributed by atoms with E-state index in [4.69, 9.17) is 40.5 Å². The first-order valence-electron chi connectivity index (χ1n) is 10.7. The number of nitrogens with two attached hydrogens (primary N) is 1. The second-order valence-electron chi connectivity index (χ2n) is 7.88. The maximum atomic E-state index is 12.2. The van der Waals surface area contributed by atoms with E-state index in [0.717, 1.165) is 43.6 Å². The minimum absolute atomic E-state index is 0.0934. The average molecular weight is 509 g/mol. The first kappa shape index (κ1) is 25.4. The molecule has 0 aromatic heterocycles. The summed E-state index contributed by atoms with van der Waals surface area (Å²) in [5, 5.41) is 2.11. The lowest BCUT2D eigenvalue weighted by Gasteiger charge is -2.22. The van der Waals surface area contributed by atoms with Crippen LogP contribution < -0.4 is 5.73 Å². The predicted octanol–water partition coefficient (Wildman–Crippen LogP) is 5.41. The molecule has 0 saturated heterocycles. The molecule has 9 heteroatoms. The number of carbonyl (C=O) groups is 2. The smallest absolute Gasteiger partial charge is 0.262 e. The highest BCUT2D eigenvalue weighted by Gasteiger charge is 2.41. The Balaban J connectivity index is 0.000000160. The maximum absolute atomic E-state index is 12.2. The molecule has 0 fully saturated rings. The Morgan fingerprint density at radius 3 is 1.79 bits per heavy atom. The molecule has 1 aliphatic heterocycles. The number of halogens is 3. The van der Waals surface area contributed by atoms with Crippen molar-refractivity contribution in [2.45, 2.75) is 56.7 Å². The summed E-state index contributed by atoms with van der Waals surface area (Å²) in [5.41, 5.74) is 6.44. The molecule has 0 radical (unpaired) electrons. The van der Waals surface area contributed by atoms with Crippen LogP contribution in [0.1, 0.15) is 59.2 Å². The van der Waals surface area contributed by atoms with Crippen LogP contribution in [0.2, 0.25) is 0 Å². The minimum Gasteiger partial charge on any atom is -0.323 e. The molecule has 1 heterocycles. The number of nitrogens with zero attached hydrogens (tertiary/aromatic N) is 2. The van der Waals surface area contributed by atoms with Gasteiger partial charge in [-0.2, -0.15) is 4.99 Å². The number of carbonyl (C=O) groups excluding carboxylic acids is 3. The third-order valence-corrected chi connectivity index (χ3v) is 6.96. The van der Waals surface area contributed by atoms with Crippen LogP contribution in [0, 0.1) is 0 Å². The van der Waals surface area contributed by atoms with Crippen LogP contribution in [0.25, 0.3) is 0 Å². The van der Waals surface area contributed by atoms with E-state index in [2.05, 4.69) is 4.99 Å². The van der Waals surface area contributed by atoms with Gasteiger partial charge in [-0.05, 0) is 50.7 Å². The summed E-state index contributed by atoms with van der Waals surface area (Å²) in [6.07, 6.45) is 12.6. The Hall–Kier alpha value is -2.21. The van der Waals surface area contributed by atoms with Crippen LogP contribution in [0.15, 0.2) is 62.6 Å². The average Bonchev–Trinajstić information content (AvgIpc) is 3.56. The number of allylic oxidation sites excluding steroid dienone is 3. The summed E-state index contributed by atoms with van der Waals surface area (Å²) in [7, 11) is 0. The summed E-state index contributed by atoms with van der Waals surface area (Å²) >= 11 is 17.3. The van der Waals surface area contributed by atoms with Crippen LogP contribution >= 0.6 is 34.8 Å². The van der Waals surface area contributed by atoms with Crippen molar-refractivity contribution < 1.29 is 14.4 Å². The first-order valence-corrected chi connectivity index (χ1v) is 11.8. The SMILES string of the molecule is N[C@H]1CCC=C1Cl.O=C1c2ccccc2C(=O)N1[C@H]1CCC=C1Cl.O=C=N[C@H]1CCC=C1Cl. The molecule has 0 bridgehead atoms. The van der Waals surface area contributed by atoms with Gasteiger partial charge in [-0.1, -0.05) is 65.2 Å². The third-order valence-electron chi connectivity index (χ3n) is 5.71. The number of amides is 2. The Morgan fingerprint density at radius 1 is 0.848 bits per heavy atom. The number of rotatable bonds is 2. The zero-order valence-electron chi connectivity index (χ0n) is 17.8. The summed E-state index contributed by atoms with van der Waals surface area (Å²) in [6.45, 7) is 0. The third kappa shape index (κ3) is 6.03. The molecule has 3 aliphatic carbocycles.